The van der Waals surface area contributed by atoms with Crippen LogP contribution in [-0.2, 0) is 0 Å². The third kappa shape index (κ3) is 3.45. The van der Waals surface area contributed by atoms with Gasteiger partial charge in [-0.1, -0.05) is 83.0 Å². The molecule has 0 heterocycles. The van der Waals surface area contributed by atoms with Gasteiger partial charge in [-0.05, 0) is 0 Å². The van der Waals surface area contributed by atoms with Crippen LogP contribution >= 0.6 is 69.6 Å². The molecule has 13 heteroatoms. The molecule has 0 aliphatic carbocycles. The summed E-state index contributed by atoms with van der Waals surface area (Å²) in [4.78, 5) is 0. The van der Waals surface area contributed by atoms with E-state index >= 15 is 0 Å². The monoisotopic (exact) mass is 458 g/mol. The van der Waals surface area contributed by atoms with Crippen molar-refractivity contribution in [1.82, 2.24) is 0 Å². The Hall–Kier alpha value is 1.25. The third-order valence-corrected chi connectivity index (χ3v) is 5.80. The molecule has 0 nitrogen and oxygen atoms in total. The van der Waals surface area contributed by atoms with E-state index in [-0.39, 0.29) is 0 Å². The molecule has 22 heavy (non-hydrogen) atoms. The zero-order chi connectivity index (χ0) is 18.4. The van der Waals surface area contributed by atoms with E-state index in [2.05, 4.69) is 11.6 Å². The van der Waals surface area contributed by atoms with Gasteiger partial charge in [0.1, 0.15) is 0 Å². The van der Waals surface area contributed by atoms with Crippen molar-refractivity contribution < 1.29 is 30.7 Å². The molecule has 0 aromatic carbocycles. The molecule has 0 rings (SSSR count). The number of hydrogen-bond donors (Lipinski definition) is 0. The van der Waals surface area contributed by atoms with Crippen LogP contribution in [0.4, 0.5) is 30.7 Å². The fourth-order valence-corrected chi connectivity index (χ4v) is 2.31. The molecular formula is C9H7Cl6F7. The average Bonchev–Trinajstić information content (AvgIpc) is 2.26. The first-order chi connectivity index (χ1) is 9.31. The quantitative estimate of drug-likeness (QED) is 0.292. The summed E-state index contributed by atoms with van der Waals surface area (Å²) in [5.41, 5.74) is 0. The molecule has 1 unspecified atom stereocenters. The van der Waals surface area contributed by atoms with Crippen molar-refractivity contribution in [1.29, 1.82) is 0 Å². The van der Waals surface area contributed by atoms with Gasteiger partial charge in [-0.2, -0.15) is 26.3 Å². The van der Waals surface area contributed by atoms with Gasteiger partial charge in [0, 0.05) is 6.42 Å². The van der Waals surface area contributed by atoms with Gasteiger partial charge in [0.25, 0.3) is 5.13 Å². The van der Waals surface area contributed by atoms with Crippen LogP contribution in [0.3, 0.4) is 0 Å². The molecule has 0 aromatic rings. The van der Waals surface area contributed by atoms with E-state index in [0.29, 0.717) is 0 Å². The molecule has 0 saturated carbocycles. The Labute approximate surface area is 151 Å². The highest BCUT2D eigenvalue weighted by molar-refractivity contribution is 6.76. The second-order valence-corrected chi connectivity index (χ2v) is 8.38. The molecule has 0 bridgehead atoms. The topological polar surface area (TPSA) is 0 Å². The Morgan fingerprint density at radius 2 is 1.05 bits per heavy atom. The van der Waals surface area contributed by atoms with Crippen molar-refractivity contribution in [3.05, 3.63) is 0 Å². The molecule has 0 fully saturated rings. The molecule has 0 amide bonds. The minimum atomic E-state index is -6.28. The highest BCUT2D eigenvalue weighted by atomic mass is 35.6. The first kappa shape index (κ1) is 23.2. The highest BCUT2D eigenvalue weighted by Gasteiger charge is 2.85. The Morgan fingerprint density at radius 1 is 0.682 bits per heavy atom. The van der Waals surface area contributed by atoms with E-state index in [0.717, 1.165) is 6.92 Å². The molecule has 0 spiro atoms. The molecule has 134 valence electrons. The summed E-state index contributed by atoms with van der Waals surface area (Å²) in [6.07, 6.45) is -2.30. The highest BCUT2D eigenvalue weighted by Crippen LogP contribution is 2.64. The number of rotatable bonds is 6. The van der Waals surface area contributed by atoms with Gasteiger partial charge in [-0.25, -0.2) is 4.39 Å². The van der Waals surface area contributed by atoms with Gasteiger partial charge < -0.3 is 0 Å². The summed E-state index contributed by atoms with van der Waals surface area (Å²) in [5.74, 6) is -17.9. The second-order valence-electron chi connectivity index (χ2n) is 4.25. The molecule has 1 atom stereocenters. The zero-order valence-corrected chi connectivity index (χ0v) is 14.9. The molecule has 0 N–H and O–H groups in total. The lowest BCUT2D eigenvalue weighted by Gasteiger charge is -2.44. The fraction of sp³-hybridized carbons (Fsp3) is 1.00. The van der Waals surface area contributed by atoms with Gasteiger partial charge in [-0.15, -0.1) is 0 Å². The van der Waals surface area contributed by atoms with Crippen LogP contribution in [0, 0.1) is 0 Å². The minimum absolute atomic E-state index is 0.614. The van der Waals surface area contributed by atoms with Crippen LogP contribution < -0.4 is 0 Å². The van der Waals surface area contributed by atoms with Crippen molar-refractivity contribution in [2.45, 2.75) is 50.8 Å². The molecule has 0 saturated heterocycles. The molecule has 0 aliphatic heterocycles. The largest absolute Gasteiger partial charge is 0.376 e. The maximum absolute atomic E-state index is 14.1. The van der Waals surface area contributed by atoms with Crippen molar-refractivity contribution in [2.24, 2.45) is 0 Å². The Bertz CT molecular complexity index is 404. The number of hydrogen-bond acceptors (Lipinski definition) is 0. The molecule has 0 aromatic heterocycles. The van der Waals surface area contributed by atoms with E-state index in [1.807, 2.05) is 0 Å². The number of alkyl halides is 13. The van der Waals surface area contributed by atoms with Gasteiger partial charge in [0.2, 0.25) is 8.13 Å². The van der Waals surface area contributed by atoms with E-state index in [1.165, 1.54) is 0 Å². The predicted molar refractivity (Wildman–Crippen MR) is 74.2 cm³/mol. The Balaban J connectivity index is 6.11. The normalized spacial score (nSPS) is 18.3. The average molecular weight is 461 g/mol. The lowest BCUT2D eigenvalue weighted by molar-refractivity contribution is -0.334. The van der Waals surface area contributed by atoms with Crippen LogP contribution in [0.1, 0.15) is 19.8 Å². The van der Waals surface area contributed by atoms with Crippen molar-refractivity contribution in [2.75, 3.05) is 0 Å². The van der Waals surface area contributed by atoms with Crippen LogP contribution in [-0.4, -0.2) is 31.0 Å². The lowest BCUT2D eigenvalue weighted by Crippen LogP contribution is -2.68. The third-order valence-electron chi connectivity index (χ3n) is 2.56. The summed E-state index contributed by atoms with van der Waals surface area (Å²) < 4.78 is 87.8. The van der Waals surface area contributed by atoms with E-state index in [4.69, 9.17) is 58.0 Å². The molecule has 0 radical (unpaired) electrons. The van der Waals surface area contributed by atoms with Gasteiger partial charge in [0.15, 0.2) is 0 Å². The minimum Gasteiger partial charge on any atom is -0.216 e. The smallest absolute Gasteiger partial charge is 0.216 e. The summed E-state index contributed by atoms with van der Waals surface area (Å²) >= 11 is 29.8. The first-order valence-corrected chi connectivity index (χ1v) is 7.54. The first-order valence-electron chi connectivity index (χ1n) is 5.27. The van der Waals surface area contributed by atoms with Crippen LogP contribution in [0.2, 0.25) is 0 Å². The zero-order valence-electron chi connectivity index (χ0n) is 10.3. The number of halogens is 13. The SMILES string of the molecule is CCCC(F)(F)C(F)(F)C(F)(F)C(F)(Cl)C(Cl)(Cl)C(Cl)(Cl)Cl. The van der Waals surface area contributed by atoms with Crippen molar-refractivity contribution >= 4 is 69.6 Å². The Kier molecular flexibility index (Phi) is 6.89. The summed E-state index contributed by atoms with van der Waals surface area (Å²) in [6, 6.07) is 0. The lowest BCUT2D eigenvalue weighted by atomic mass is 9.95. The van der Waals surface area contributed by atoms with Crippen molar-refractivity contribution in [3.8, 4) is 0 Å². The standard InChI is InChI=1S/C9H7Cl6F7/c1-2-3-4(16,17)7(19,20)8(21,22)6(12,18)5(10,11)9(13,14)15/h2-3H2,1H3. The van der Waals surface area contributed by atoms with Crippen molar-refractivity contribution in [3.63, 3.8) is 0 Å². The van der Waals surface area contributed by atoms with E-state index in [1.54, 1.807) is 0 Å². The van der Waals surface area contributed by atoms with Gasteiger partial charge in [0.05, 0.1) is 0 Å². The van der Waals surface area contributed by atoms with Crippen LogP contribution in [0.5, 0.6) is 0 Å². The van der Waals surface area contributed by atoms with Crippen LogP contribution in [0.25, 0.3) is 0 Å². The van der Waals surface area contributed by atoms with E-state index < -0.39 is 43.9 Å². The summed E-state index contributed by atoms with van der Waals surface area (Å²) in [6.45, 7) is 1.01. The fourth-order valence-electron chi connectivity index (χ4n) is 1.27. The second kappa shape index (κ2) is 6.52. The Morgan fingerprint density at radius 3 is 1.32 bits per heavy atom. The summed E-state index contributed by atoms with van der Waals surface area (Å²) in [5, 5.41) is -5.24. The van der Waals surface area contributed by atoms with Crippen LogP contribution in [0.15, 0.2) is 0 Å². The molecule has 0 aliphatic rings. The van der Waals surface area contributed by atoms with Gasteiger partial charge in [-0.3, -0.25) is 0 Å². The maximum atomic E-state index is 14.1. The van der Waals surface area contributed by atoms with Gasteiger partial charge >= 0.3 is 17.8 Å². The van der Waals surface area contributed by atoms with E-state index in [9.17, 15) is 30.7 Å². The molecular weight excluding hydrogens is 454 g/mol. The summed E-state index contributed by atoms with van der Waals surface area (Å²) in [7, 11) is 0. The maximum Gasteiger partial charge on any atom is 0.376 e. The predicted octanol–water partition coefficient (Wildman–Crippen LogP) is 7.14.